The van der Waals surface area contributed by atoms with Crippen molar-refractivity contribution in [2.24, 2.45) is 0 Å². The van der Waals surface area contributed by atoms with Gasteiger partial charge in [-0.1, -0.05) is 12.1 Å². The lowest BCUT2D eigenvalue weighted by molar-refractivity contribution is -0.122. The van der Waals surface area contributed by atoms with E-state index in [1.807, 2.05) is 0 Å². The molecule has 0 spiro atoms. The fraction of sp³-hybridized carbons (Fsp3) is 0.429. The lowest BCUT2D eigenvalue weighted by atomic mass is 10.1. The van der Waals surface area contributed by atoms with E-state index in [9.17, 15) is 9.18 Å². The van der Waals surface area contributed by atoms with E-state index in [4.69, 9.17) is 10.00 Å². The highest BCUT2D eigenvalue weighted by molar-refractivity contribution is 5.77. The van der Waals surface area contributed by atoms with Crippen LogP contribution in [0.2, 0.25) is 0 Å². The van der Waals surface area contributed by atoms with Crippen LogP contribution in [0.3, 0.4) is 0 Å². The largest absolute Gasteiger partial charge is 0.383 e. The molecule has 1 aromatic carbocycles. The number of benzene rings is 1. The predicted molar refractivity (Wildman–Crippen MR) is 72.3 cm³/mol. The van der Waals surface area contributed by atoms with Crippen molar-refractivity contribution in [1.29, 1.82) is 5.26 Å². The molecule has 5 nitrogen and oxygen atoms in total. The maximum Gasteiger partial charge on any atom is 0.234 e. The van der Waals surface area contributed by atoms with Gasteiger partial charge in [-0.25, -0.2) is 4.39 Å². The molecule has 0 atom stereocenters. The molecule has 0 radical (unpaired) electrons. The Balaban J connectivity index is 2.52. The second kappa shape index (κ2) is 8.25. The number of ether oxygens (including phenoxy) is 1. The standard InChI is InChI=1S/C14H18FN3O2/c1-18(10-13(19)17-6-7-20-2)9-12-5-3-4-11(8-16)14(12)15/h3-5H,6-7,9-10H2,1-2H3,(H,17,19). The molecule has 0 aliphatic rings. The minimum absolute atomic E-state index is 0.0143. The Hall–Kier alpha value is -1.97. The fourth-order valence-electron chi connectivity index (χ4n) is 1.73. The molecule has 1 rings (SSSR count). The second-order valence-electron chi connectivity index (χ2n) is 4.41. The van der Waals surface area contributed by atoms with Crippen LogP contribution in [0.4, 0.5) is 4.39 Å². The first kappa shape index (κ1) is 16.1. The summed E-state index contributed by atoms with van der Waals surface area (Å²) in [4.78, 5) is 13.3. The summed E-state index contributed by atoms with van der Waals surface area (Å²) in [6.45, 7) is 1.31. The van der Waals surface area contributed by atoms with Gasteiger partial charge in [-0.05, 0) is 13.1 Å². The number of hydrogen-bond donors (Lipinski definition) is 1. The van der Waals surface area contributed by atoms with Gasteiger partial charge in [0.2, 0.25) is 5.91 Å². The van der Waals surface area contributed by atoms with Crippen molar-refractivity contribution in [2.45, 2.75) is 6.54 Å². The molecule has 0 unspecified atom stereocenters. The van der Waals surface area contributed by atoms with E-state index in [1.165, 1.54) is 6.07 Å². The van der Waals surface area contributed by atoms with E-state index in [0.717, 1.165) is 0 Å². The quantitative estimate of drug-likeness (QED) is 0.753. The summed E-state index contributed by atoms with van der Waals surface area (Å²) >= 11 is 0. The summed E-state index contributed by atoms with van der Waals surface area (Å²) in [7, 11) is 3.28. The summed E-state index contributed by atoms with van der Waals surface area (Å²) in [6, 6.07) is 6.46. The molecule has 0 fully saturated rings. The average molecular weight is 279 g/mol. The zero-order valence-corrected chi connectivity index (χ0v) is 11.6. The fourth-order valence-corrected chi connectivity index (χ4v) is 1.73. The number of nitriles is 1. The van der Waals surface area contributed by atoms with Gasteiger partial charge >= 0.3 is 0 Å². The molecule has 0 aliphatic carbocycles. The topological polar surface area (TPSA) is 65.4 Å². The molecule has 0 saturated heterocycles. The van der Waals surface area contributed by atoms with Crippen LogP contribution in [-0.4, -0.2) is 44.7 Å². The number of likely N-dealkylation sites (N-methyl/N-ethyl adjacent to an activating group) is 1. The molecule has 6 heteroatoms. The molecule has 0 bridgehead atoms. The third-order valence-corrected chi connectivity index (χ3v) is 2.68. The normalized spacial score (nSPS) is 10.3. The maximum absolute atomic E-state index is 13.9. The average Bonchev–Trinajstić information content (AvgIpc) is 2.41. The number of amides is 1. The number of methoxy groups -OCH3 is 1. The van der Waals surface area contributed by atoms with Gasteiger partial charge in [-0.3, -0.25) is 9.69 Å². The molecule has 0 aromatic heterocycles. The Morgan fingerprint density at radius 3 is 2.95 bits per heavy atom. The summed E-state index contributed by atoms with van der Waals surface area (Å²) < 4.78 is 18.7. The molecule has 20 heavy (non-hydrogen) atoms. The van der Waals surface area contributed by atoms with Gasteiger partial charge in [-0.15, -0.1) is 0 Å². The van der Waals surface area contributed by atoms with Crippen molar-refractivity contribution < 1.29 is 13.9 Å². The molecule has 0 aliphatic heterocycles. The third kappa shape index (κ3) is 4.96. The lowest BCUT2D eigenvalue weighted by Crippen LogP contribution is -2.36. The van der Waals surface area contributed by atoms with Gasteiger partial charge in [0.15, 0.2) is 0 Å². The Labute approximate surface area is 117 Å². The molecule has 1 N–H and O–H groups in total. The molecule has 108 valence electrons. The maximum atomic E-state index is 13.9. The number of rotatable bonds is 7. The minimum Gasteiger partial charge on any atom is -0.383 e. The van der Waals surface area contributed by atoms with Crippen LogP contribution in [0.15, 0.2) is 18.2 Å². The van der Waals surface area contributed by atoms with Crippen LogP contribution >= 0.6 is 0 Å². The summed E-state index contributed by atoms with van der Waals surface area (Å²) in [6.07, 6.45) is 0. The van der Waals surface area contributed by atoms with Crippen molar-refractivity contribution in [3.63, 3.8) is 0 Å². The smallest absolute Gasteiger partial charge is 0.234 e. The van der Waals surface area contributed by atoms with Crippen LogP contribution < -0.4 is 5.32 Å². The first-order chi connectivity index (χ1) is 9.58. The lowest BCUT2D eigenvalue weighted by Gasteiger charge is -2.17. The summed E-state index contributed by atoms with van der Waals surface area (Å²) in [5.41, 5.74) is 0.414. The van der Waals surface area contributed by atoms with Crippen molar-refractivity contribution in [3.8, 4) is 6.07 Å². The number of carbonyl (C=O) groups excluding carboxylic acids is 1. The van der Waals surface area contributed by atoms with Crippen molar-refractivity contribution in [1.82, 2.24) is 10.2 Å². The van der Waals surface area contributed by atoms with Gasteiger partial charge in [-0.2, -0.15) is 5.26 Å². The number of nitrogens with one attached hydrogen (secondary N) is 1. The van der Waals surface area contributed by atoms with Crippen LogP contribution in [0.1, 0.15) is 11.1 Å². The Bertz CT molecular complexity index is 500. The Morgan fingerprint density at radius 1 is 1.55 bits per heavy atom. The van der Waals surface area contributed by atoms with Crippen molar-refractivity contribution >= 4 is 5.91 Å². The highest BCUT2D eigenvalue weighted by Crippen LogP contribution is 2.13. The number of hydrogen-bond acceptors (Lipinski definition) is 4. The summed E-state index contributed by atoms with van der Waals surface area (Å²) in [5.74, 6) is -0.678. The molecular weight excluding hydrogens is 261 g/mol. The SMILES string of the molecule is COCCNC(=O)CN(C)Cc1cccc(C#N)c1F. The van der Waals surface area contributed by atoms with E-state index < -0.39 is 5.82 Å². The Morgan fingerprint density at radius 2 is 2.30 bits per heavy atom. The van der Waals surface area contributed by atoms with E-state index >= 15 is 0 Å². The number of halogens is 1. The third-order valence-electron chi connectivity index (χ3n) is 2.68. The molecular formula is C14H18FN3O2. The highest BCUT2D eigenvalue weighted by atomic mass is 19.1. The van der Waals surface area contributed by atoms with E-state index in [2.05, 4.69) is 5.32 Å². The monoisotopic (exact) mass is 279 g/mol. The zero-order chi connectivity index (χ0) is 15.0. The van der Waals surface area contributed by atoms with Gasteiger partial charge in [0.1, 0.15) is 11.9 Å². The van der Waals surface area contributed by atoms with Gasteiger partial charge < -0.3 is 10.1 Å². The van der Waals surface area contributed by atoms with Crippen molar-refractivity contribution in [3.05, 3.63) is 35.1 Å². The van der Waals surface area contributed by atoms with Gasteiger partial charge in [0.25, 0.3) is 0 Å². The number of nitrogens with zero attached hydrogens (tertiary/aromatic N) is 2. The molecule has 0 heterocycles. The first-order valence-electron chi connectivity index (χ1n) is 6.20. The number of carbonyl (C=O) groups is 1. The molecule has 1 amide bonds. The Kier molecular flexibility index (Phi) is 6.64. The van der Waals surface area contributed by atoms with Crippen LogP contribution in [0, 0.1) is 17.1 Å². The van der Waals surface area contributed by atoms with E-state index in [-0.39, 0.29) is 24.6 Å². The second-order valence-corrected chi connectivity index (χ2v) is 4.41. The van der Waals surface area contributed by atoms with Gasteiger partial charge in [0.05, 0.1) is 18.7 Å². The van der Waals surface area contributed by atoms with Crippen molar-refractivity contribution in [2.75, 3.05) is 33.9 Å². The molecule has 1 aromatic rings. The predicted octanol–water partition coefficient (Wildman–Crippen LogP) is 0.892. The molecule has 0 saturated carbocycles. The van der Waals surface area contributed by atoms with Crippen LogP contribution in [-0.2, 0) is 16.1 Å². The van der Waals surface area contributed by atoms with Crippen LogP contribution in [0.25, 0.3) is 0 Å². The highest BCUT2D eigenvalue weighted by Gasteiger charge is 2.11. The van der Waals surface area contributed by atoms with Crippen LogP contribution in [0.5, 0.6) is 0 Å². The van der Waals surface area contributed by atoms with Gasteiger partial charge in [0, 0.05) is 25.8 Å². The van der Waals surface area contributed by atoms with E-state index in [0.29, 0.717) is 18.7 Å². The first-order valence-corrected chi connectivity index (χ1v) is 6.20. The van der Waals surface area contributed by atoms with E-state index in [1.54, 1.807) is 37.3 Å². The minimum atomic E-state index is -0.526. The zero-order valence-electron chi connectivity index (χ0n) is 11.6. The summed E-state index contributed by atoms with van der Waals surface area (Å²) in [5, 5.41) is 11.4.